The molecular formula is C21H24N4O4S. The number of thioether (sulfide) groups is 1. The number of ether oxygens (including phenoxy) is 2. The highest BCUT2D eigenvalue weighted by atomic mass is 32.2. The Morgan fingerprint density at radius 1 is 1.17 bits per heavy atom. The van der Waals surface area contributed by atoms with Gasteiger partial charge in [0.25, 0.3) is 5.91 Å². The van der Waals surface area contributed by atoms with E-state index in [0.29, 0.717) is 24.6 Å². The molecule has 1 amide bonds. The molecule has 0 aliphatic carbocycles. The van der Waals surface area contributed by atoms with Gasteiger partial charge in [0.15, 0.2) is 16.9 Å². The van der Waals surface area contributed by atoms with E-state index in [1.165, 1.54) is 25.3 Å². The van der Waals surface area contributed by atoms with Crippen LogP contribution in [0.3, 0.4) is 0 Å². The third kappa shape index (κ3) is 3.36. The first kappa shape index (κ1) is 19.2. The minimum atomic E-state index is -0.431. The average molecular weight is 429 g/mol. The van der Waals surface area contributed by atoms with Gasteiger partial charge in [0.2, 0.25) is 0 Å². The first-order valence-corrected chi connectivity index (χ1v) is 11.1. The molecule has 3 aliphatic rings. The molecular weight excluding hydrogens is 404 g/mol. The zero-order valence-electron chi connectivity index (χ0n) is 16.8. The number of fused-ring (bicyclic) bond motifs is 2. The molecule has 0 saturated carbocycles. The summed E-state index contributed by atoms with van der Waals surface area (Å²) in [4.78, 5) is 33.1. The van der Waals surface area contributed by atoms with Crippen LogP contribution in [0.5, 0.6) is 5.75 Å². The van der Waals surface area contributed by atoms with Gasteiger partial charge in [-0.25, -0.2) is 4.79 Å². The number of aromatic amines is 1. The number of anilines is 3. The Morgan fingerprint density at radius 2 is 2.00 bits per heavy atom. The smallest absolute Gasteiger partial charge is 0.339 e. The van der Waals surface area contributed by atoms with Crippen LogP contribution < -0.4 is 15.0 Å². The van der Waals surface area contributed by atoms with Crippen LogP contribution in [0.15, 0.2) is 29.2 Å². The van der Waals surface area contributed by atoms with E-state index in [1.54, 1.807) is 0 Å². The molecule has 0 bridgehead atoms. The number of esters is 1. The van der Waals surface area contributed by atoms with Gasteiger partial charge in [-0.15, -0.1) is 0 Å². The van der Waals surface area contributed by atoms with Gasteiger partial charge >= 0.3 is 5.97 Å². The molecule has 1 unspecified atom stereocenters. The number of amides is 1. The first-order valence-electron chi connectivity index (χ1n) is 10.2. The van der Waals surface area contributed by atoms with E-state index < -0.39 is 5.37 Å². The molecule has 2 N–H and O–H groups in total. The number of hydrogen-bond acceptors (Lipinski definition) is 7. The number of nitrogens with zero attached hydrogens (tertiary/aromatic N) is 2. The van der Waals surface area contributed by atoms with Gasteiger partial charge in [0, 0.05) is 35.4 Å². The van der Waals surface area contributed by atoms with E-state index in [4.69, 9.17) is 9.47 Å². The molecule has 1 atom stereocenters. The summed E-state index contributed by atoms with van der Waals surface area (Å²) < 4.78 is 10.7. The molecule has 8 nitrogen and oxygen atoms in total. The maximum atomic E-state index is 12.9. The van der Waals surface area contributed by atoms with Crippen molar-refractivity contribution in [3.05, 3.63) is 30.0 Å². The van der Waals surface area contributed by atoms with Crippen molar-refractivity contribution in [2.24, 2.45) is 0 Å². The van der Waals surface area contributed by atoms with Crippen molar-refractivity contribution in [2.75, 3.05) is 43.6 Å². The largest absolute Gasteiger partial charge is 0.488 e. The van der Waals surface area contributed by atoms with Gasteiger partial charge in [-0.2, -0.15) is 0 Å². The number of H-pyrrole nitrogens is 1. The maximum absolute atomic E-state index is 12.9. The van der Waals surface area contributed by atoms with Gasteiger partial charge in [-0.1, -0.05) is 11.8 Å². The predicted octanol–water partition coefficient (Wildman–Crippen LogP) is 3.19. The highest BCUT2D eigenvalue weighted by Crippen LogP contribution is 2.43. The van der Waals surface area contributed by atoms with E-state index in [2.05, 4.69) is 21.3 Å². The number of piperidine rings is 1. The quantitative estimate of drug-likeness (QED) is 0.726. The second-order valence-electron chi connectivity index (χ2n) is 7.59. The fourth-order valence-corrected chi connectivity index (χ4v) is 5.22. The average Bonchev–Trinajstić information content (AvgIpc) is 3.42. The minimum absolute atomic E-state index is 0.0299. The van der Waals surface area contributed by atoms with Crippen molar-refractivity contribution in [1.29, 1.82) is 0 Å². The molecule has 158 valence electrons. The molecule has 1 aromatic heterocycles. The Labute approximate surface area is 178 Å². The monoisotopic (exact) mass is 428 g/mol. The van der Waals surface area contributed by atoms with Crippen molar-refractivity contribution in [2.45, 2.75) is 29.5 Å². The standard InChI is InChI=1S/C21H24N4O4S/c1-28-21(27)19-23-14-6-5-13(11-17(14)30-19)25-9-10-29-16-12-15(22-18(16)25)20(26)24-7-3-2-4-8-24/h5-6,11-12,19,22-23H,2-4,7-10H2,1H3. The fraction of sp³-hybridized carbons (Fsp3) is 0.429. The summed E-state index contributed by atoms with van der Waals surface area (Å²) >= 11 is 1.44. The molecule has 1 saturated heterocycles. The number of carbonyl (C=O) groups excluding carboxylic acids is 2. The Bertz CT molecular complexity index is 985. The van der Waals surface area contributed by atoms with Crippen LogP contribution in [0.25, 0.3) is 0 Å². The topological polar surface area (TPSA) is 86.9 Å². The van der Waals surface area contributed by atoms with Crippen LogP contribution in [0, 0.1) is 0 Å². The molecule has 1 fully saturated rings. The zero-order chi connectivity index (χ0) is 20.7. The summed E-state index contributed by atoms with van der Waals surface area (Å²) in [5.41, 5.74) is 2.47. The van der Waals surface area contributed by atoms with E-state index in [1.807, 2.05) is 23.1 Å². The number of nitrogens with one attached hydrogen (secondary N) is 2. The van der Waals surface area contributed by atoms with Crippen molar-refractivity contribution in [1.82, 2.24) is 9.88 Å². The summed E-state index contributed by atoms with van der Waals surface area (Å²) in [6, 6.07) is 7.85. The normalized spacial score (nSPS) is 20.1. The van der Waals surface area contributed by atoms with Gasteiger partial charge in [-0.05, 0) is 37.5 Å². The number of methoxy groups -OCH3 is 1. The lowest BCUT2D eigenvalue weighted by Gasteiger charge is -2.29. The molecule has 4 heterocycles. The number of benzene rings is 1. The lowest BCUT2D eigenvalue weighted by molar-refractivity contribution is -0.139. The van der Waals surface area contributed by atoms with Gasteiger partial charge < -0.3 is 29.6 Å². The van der Waals surface area contributed by atoms with Crippen LogP contribution in [0.2, 0.25) is 0 Å². The highest BCUT2D eigenvalue weighted by molar-refractivity contribution is 8.01. The molecule has 0 spiro atoms. The number of aromatic nitrogens is 1. The Kier molecular flexibility index (Phi) is 4.98. The highest BCUT2D eigenvalue weighted by Gasteiger charge is 2.31. The third-order valence-electron chi connectivity index (χ3n) is 5.70. The van der Waals surface area contributed by atoms with Crippen molar-refractivity contribution >= 4 is 40.8 Å². The number of carbonyl (C=O) groups is 2. The summed E-state index contributed by atoms with van der Waals surface area (Å²) in [5.74, 6) is 1.22. The predicted molar refractivity (Wildman–Crippen MR) is 115 cm³/mol. The molecule has 30 heavy (non-hydrogen) atoms. The number of rotatable bonds is 3. The number of hydrogen-bond donors (Lipinski definition) is 2. The molecule has 2 aromatic rings. The van der Waals surface area contributed by atoms with Crippen molar-refractivity contribution in [3.8, 4) is 5.75 Å². The molecule has 1 aromatic carbocycles. The van der Waals surface area contributed by atoms with Crippen LogP contribution in [0.4, 0.5) is 17.2 Å². The second-order valence-corrected chi connectivity index (χ2v) is 8.74. The van der Waals surface area contributed by atoms with E-state index in [-0.39, 0.29) is 11.9 Å². The Balaban J connectivity index is 1.40. The second kappa shape index (κ2) is 7.79. The van der Waals surface area contributed by atoms with Crippen molar-refractivity contribution < 1.29 is 19.1 Å². The number of likely N-dealkylation sites (tertiary alicyclic amines) is 1. The van der Waals surface area contributed by atoms with Gasteiger partial charge in [0.05, 0.1) is 13.7 Å². The summed E-state index contributed by atoms with van der Waals surface area (Å²) in [7, 11) is 1.39. The van der Waals surface area contributed by atoms with Crippen LogP contribution >= 0.6 is 11.8 Å². The van der Waals surface area contributed by atoms with Crippen LogP contribution in [-0.4, -0.2) is 60.5 Å². The Morgan fingerprint density at radius 3 is 2.80 bits per heavy atom. The first-order chi connectivity index (χ1) is 14.6. The van der Waals surface area contributed by atoms with E-state index in [9.17, 15) is 9.59 Å². The molecule has 3 aliphatic heterocycles. The van der Waals surface area contributed by atoms with Gasteiger partial charge in [-0.3, -0.25) is 4.79 Å². The maximum Gasteiger partial charge on any atom is 0.339 e. The summed E-state index contributed by atoms with van der Waals surface area (Å²) in [6.45, 7) is 2.82. The molecule has 5 rings (SSSR count). The van der Waals surface area contributed by atoms with Gasteiger partial charge in [0.1, 0.15) is 12.3 Å². The Hall–Kier alpha value is -2.81. The molecule has 0 radical (unpaired) electrons. The third-order valence-corrected chi connectivity index (χ3v) is 6.84. The summed E-state index contributed by atoms with van der Waals surface area (Å²) in [6.07, 6.45) is 3.30. The van der Waals surface area contributed by atoms with Crippen LogP contribution in [-0.2, 0) is 9.53 Å². The van der Waals surface area contributed by atoms with Crippen molar-refractivity contribution in [3.63, 3.8) is 0 Å². The fourth-order valence-electron chi connectivity index (χ4n) is 4.14. The van der Waals surface area contributed by atoms with E-state index in [0.717, 1.165) is 48.0 Å². The SMILES string of the molecule is COC(=O)C1Nc2ccc(N3CCOc4cc(C(=O)N5CCCCC5)[nH]c43)cc2S1. The lowest BCUT2D eigenvalue weighted by Crippen LogP contribution is -2.35. The minimum Gasteiger partial charge on any atom is -0.488 e. The zero-order valence-corrected chi connectivity index (χ0v) is 17.6. The van der Waals surface area contributed by atoms with Crippen LogP contribution in [0.1, 0.15) is 29.8 Å². The summed E-state index contributed by atoms with van der Waals surface area (Å²) in [5, 5.41) is 2.75. The molecule has 9 heteroatoms. The lowest BCUT2D eigenvalue weighted by atomic mass is 10.1. The van der Waals surface area contributed by atoms with E-state index >= 15 is 0 Å².